The van der Waals surface area contributed by atoms with Gasteiger partial charge in [0.25, 0.3) is 6.01 Å². The van der Waals surface area contributed by atoms with E-state index in [4.69, 9.17) is 4.42 Å². The van der Waals surface area contributed by atoms with Crippen molar-refractivity contribution in [3.8, 4) is 11.3 Å². The quantitative estimate of drug-likeness (QED) is 0.331. The second-order valence-electron chi connectivity index (χ2n) is 11.3. The van der Waals surface area contributed by atoms with E-state index in [2.05, 4.69) is 51.0 Å². The molecule has 6 atom stereocenters. The van der Waals surface area contributed by atoms with Crippen molar-refractivity contribution < 1.29 is 9.52 Å². The van der Waals surface area contributed by atoms with Crippen LogP contribution in [-0.4, -0.2) is 31.8 Å². The van der Waals surface area contributed by atoms with Gasteiger partial charge in [-0.05, 0) is 79.9 Å². The minimum Gasteiger partial charge on any atom is -0.424 e. The van der Waals surface area contributed by atoms with Crippen LogP contribution in [0, 0.1) is 17.3 Å². The second-order valence-corrected chi connectivity index (χ2v) is 11.3. The van der Waals surface area contributed by atoms with Gasteiger partial charge in [-0.2, -0.15) is 4.98 Å². The molecular weight excluding hydrogens is 448 g/mol. The molecule has 0 amide bonds. The van der Waals surface area contributed by atoms with Gasteiger partial charge in [0.2, 0.25) is 0 Å². The van der Waals surface area contributed by atoms with Gasteiger partial charge >= 0.3 is 0 Å². The molecule has 2 aliphatic carbocycles. The van der Waals surface area contributed by atoms with E-state index in [1.165, 1.54) is 24.0 Å². The molecule has 2 fully saturated rings. The highest BCUT2D eigenvalue weighted by molar-refractivity contribution is 5.74. The van der Waals surface area contributed by atoms with E-state index in [-0.39, 0.29) is 17.6 Å². The summed E-state index contributed by atoms with van der Waals surface area (Å²) in [4.78, 5) is 9.09. The van der Waals surface area contributed by atoms with Crippen LogP contribution in [0.3, 0.4) is 0 Å². The van der Waals surface area contributed by atoms with E-state index in [1.807, 2.05) is 36.8 Å². The van der Waals surface area contributed by atoms with Crippen molar-refractivity contribution in [2.75, 3.05) is 5.32 Å². The van der Waals surface area contributed by atoms with Crippen LogP contribution in [0.1, 0.15) is 63.5 Å². The van der Waals surface area contributed by atoms with Gasteiger partial charge in [0.15, 0.2) is 5.58 Å². The zero-order valence-electron chi connectivity index (χ0n) is 20.8. The van der Waals surface area contributed by atoms with Crippen molar-refractivity contribution in [2.24, 2.45) is 17.3 Å². The number of para-hydroxylation sites is 2. The van der Waals surface area contributed by atoms with E-state index in [0.717, 1.165) is 48.9 Å². The fraction of sp³-hybridized carbons (Fsp3) is 0.467. The van der Waals surface area contributed by atoms with Gasteiger partial charge in [-0.15, -0.1) is 0 Å². The minimum atomic E-state index is -0.359. The van der Waals surface area contributed by atoms with Gasteiger partial charge < -0.3 is 19.4 Å². The third-order valence-electron chi connectivity index (χ3n) is 9.51. The average molecular weight is 483 g/mol. The molecule has 6 nitrogen and oxygen atoms in total. The predicted molar refractivity (Wildman–Crippen MR) is 141 cm³/mol. The number of nitrogens with one attached hydrogen (secondary N) is 1. The molecule has 7 rings (SSSR count). The first kappa shape index (κ1) is 22.1. The maximum Gasteiger partial charge on any atom is 0.295 e. The summed E-state index contributed by atoms with van der Waals surface area (Å²) in [5.74, 6) is 1.20. The molecular formula is C30H34N4O2. The summed E-state index contributed by atoms with van der Waals surface area (Å²) in [5.41, 5.74) is 5.38. The molecule has 1 aliphatic heterocycles. The van der Waals surface area contributed by atoms with E-state index >= 15 is 0 Å². The number of nitrogens with zero attached hydrogens (tertiary/aromatic N) is 3. The molecule has 2 N–H and O–H groups in total. The number of oxazole rings is 1. The van der Waals surface area contributed by atoms with Gasteiger partial charge in [-0.1, -0.05) is 43.3 Å². The molecule has 3 aliphatic rings. The number of imidazole rings is 1. The Morgan fingerprint density at radius 3 is 2.89 bits per heavy atom. The van der Waals surface area contributed by atoms with Gasteiger partial charge in [0, 0.05) is 11.6 Å². The Morgan fingerprint density at radius 2 is 2.00 bits per heavy atom. The van der Waals surface area contributed by atoms with Crippen LogP contribution in [0.15, 0.2) is 65.5 Å². The van der Waals surface area contributed by atoms with E-state index in [0.29, 0.717) is 23.9 Å². The fourth-order valence-electron chi connectivity index (χ4n) is 7.67. The number of fused-ring (bicyclic) bond motifs is 6. The smallest absolute Gasteiger partial charge is 0.295 e. The number of hydrogen-bond donors (Lipinski definition) is 2. The molecule has 0 spiro atoms. The summed E-state index contributed by atoms with van der Waals surface area (Å²) in [5, 5.41) is 15.6. The van der Waals surface area contributed by atoms with Crippen LogP contribution in [0.2, 0.25) is 0 Å². The maximum atomic E-state index is 11.9. The molecule has 6 heteroatoms. The highest BCUT2D eigenvalue weighted by Crippen LogP contribution is 2.54. The van der Waals surface area contributed by atoms with Crippen LogP contribution in [-0.2, 0) is 0 Å². The molecule has 4 unspecified atom stereocenters. The number of benzene rings is 2. The van der Waals surface area contributed by atoms with Crippen LogP contribution < -0.4 is 5.32 Å². The lowest BCUT2D eigenvalue weighted by Crippen LogP contribution is -2.49. The predicted octanol–water partition coefficient (Wildman–Crippen LogP) is 6.43. The lowest BCUT2D eigenvalue weighted by Gasteiger charge is -2.52. The summed E-state index contributed by atoms with van der Waals surface area (Å²) in [6.07, 6.45) is 11.0. The Hall–Kier alpha value is -3.12. The molecule has 3 heterocycles. The normalized spacial score (nSPS) is 29.6. The summed E-state index contributed by atoms with van der Waals surface area (Å²) in [7, 11) is 0. The first-order chi connectivity index (χ1) is 17.6. The Bertz CT molecular complexity index is 1360. The standard InChI is InChI=1S/C30H34N4O2/c1-2-30(28(35)14-25-21-7-3-4-8-22(21)26-17-31-18-34(25)26)15-19-11-12-23(20(13-19)16-30)32-29-33-24-9-5-6-10-27(24)36-29/h3-10,17-20,23,25,28,35H,2,11-16H2,1H3,(H,32,33)/t19?,20?,23?,25-,28-,30?/m1/s1. The fourth-order valence-corrected chi connectivity index (χ4v) is 7.67. The van der Waals surface area contributed by atoms with Crippen molar-refractivity contribution in [1.29, 1.82) is 0 Å². The molecule has 36 heavy (non-hydrogen) atoms. The number of hydrogen-bond acceptors (Lipinski definition) is 5. The third-order valence-corrected chi connectivity index (χ3v) is 9.51. The van der Waals surface area contributed by atoms with Crippen LogP contribution >= 0.6 is 0 Å². The van der Waals surface area contributed by atoms with Crippen molar-refractivity contribution in [1.82, 2.24) is 14.5 Å². The summed E-state index contributed by atoms with van der Waals surface area (Å²) in [6.45, 7) is 2.28. The van der Waals surface area contributed by atoms with E-state index in [1.54, 1.807) is 0 Å². The van der Waals surface area contributed by atoms with E-state index < -0.39 is 0 Å². The largest absolute Gasteiger partial charge is 0.424 e. The van der Waals surface area contributed by atoms with Crippen LogP contribution in [0.5, 0.6) is 0 Å². The number of aromatic nitrogens is 3. The SMILES string of the molecule is CCC1([C@H](O)C[C@@H]2c3ccccc3-c3cncn32)CC2CCC(Nc3nc4ccccc4o3)C(C2)C1. The summed E-state index contributed by atoms with van der Waals surface area (Å²) < 4.78 is 8.26. The molecule has 0 radical (unpaired) electrons. The minimum absolute atomic E-state index is 0.0620. The number of rotatable bonds is 6. The molecule has 2 aromatic carbocycles. The van der Waals surface area contributed by atoms with Crippen LogP contribution in [0.25, 0.3) is 22.4 Å². The molecule has 4 aromatic rings. The van der Waals surface area contributed by atoms with Crippen molar-refractivity contribution in [3.05, 3.63) is 66.6 Å². The highest BCUT2D eigenvalue weighted by atomic mass is 16.4. The van der Waals surface area contributed by atoms with Gasteiger partial charge in [0.05, 0.1) is 30.4 Å². The maximum absolute atomic E-state index is 11.9. The Kier molecular flexibility index (Phi) is 5.21. The molecule has 0 saturated heterocycles. The Balaban J connectivity index is 1.13. The monoisotopic (exact) mass is 482 g/mol. The third kappa shape index (κ3) is 3.49. The Morgan fingerprint density at radius 1 is 1.14 bits per heavy atom. The molecule has 2 aromatic heterocycles. The lowest BCUT2D eigenvalue weighted by atomic mass is 9.56. The van der Waals surface area contributed by atoms with Crippen molar-refractivity contribution in [2.45, 2.75) is 70.1 Å². The topological polar surface area (TPSA) is 76.1 Å². The van der Waals surface area contributed by atoms with Crippen molar-refractivity contribution in [3.63, 3.8) is 0 Å². The number of anilines is 1. The Labute approximate surface area is 211 Å². The van der Waals surface area contributed by atoms with Gasteiger partial charge in [-0.3, -0.25) is 0 Å². The van der Waals surface area contributed by atoms with Gasteiger partial charge in [0.1, 0.15) is 5.52 Å². The lowest BCUT2D eigenvalue weighted by molar-refractivity contribution is -0.0629. The zero-order valence-corrected chi connectivity index (χ0v) is 20.8. The molecule has 2 bridgehead atoms. The highest BCUT2D eigenvalue weighted by Gasteiger charge is 2.49. The summed E-state index contributed by atoms with van der Waals surface area (Å²) in [6, 6.07) is 17.6. The number of aliphatic hydroxyl groups excluding tert-OH is 1. The molecule has 2 saturated carbocycles. The average Bonchev–Trinajstić information content (AvgIpc) is 3.61. The van der Waals surface area contributed by atoms with Crippen molar-refractivity contribution >= 4 is 17.1 Å². The zero-order chi connectivity index (χ0) is 24.3. The van der Waals surface area contributed by atoms with Gasteiger partial charge in [-0.25, -0.2) is 4.98 Å². The summed E-state index contributed by atoms with van der Waals surface area (Å²) >= 11 is 0. The number of aliphatic hydroxyl groups is 1. The van der Waals surface area contributed by atoms with E-state index in [9.17, 15) is 5.11 Å². The first-order valence-electron chi connectivity index (χ1n) is 13.5. The van der Waals surface area contributed by atoms with Crippen LogP contribution in [0.4, 0.5) is 6.01 Å². The molecule has 186 valence electrons. The second kappa shape index (κ2) is 8.48. The first-order valence-corrected chi connectivity index (χ1v) is 13.5.